The molecule has 2 bridgehead atoms. The predicted molar refractivity (Wildman–Crippen MR) is 157 cm³/mol. The van der Waals surface area contributed by atoms with Crippen molar-refractivity contribution in [1.29, 1.82) is 0 Å². The minimum absolute atomic E-state index is 0.0313. The third kappa shape index (κ3) is 6.88. The molecule has 2 aromatic carbocycles. The van der Waals surface area contributed by atoms with E-state index in [9.17, 15) is 31.9 Å². The van der Waals surface area contributed by atoms with Gasteiger partial charge in [0, 0.05) is 29.8 Å². The molecular weight excluding hydrogens is 616 g/mol. The Morgan fingerprint density at radius 1 is 1.13 bits per heavy atom. The number of nitrogens with zero attached hydrogens (tertiary/aromatic N) is 4. The lowest BCUT2D eigenvalue weighted by atomic mass is 9.94. The van der Waals surface area contributed by atoms with Crippen LogP contribution < -0.4 is 10.6 Å². The monoisotopic (exact) mass is 642 g/mol. The van der Waals surface area contributed by atoms with E-state index in [1.165, 1.54) is 41.2 Å². The number of carbonyl (C=O) groups excluding carboxylic acids is 3. The zero-order chi connectivity index (χ0) is 32.5. The first-order chi connectivity index (χ1) is 21.3. The summed E-state index contributed by atoms with van der Waals surface area (Å²) in [5.41, 5.74) is 2.19. The Labute approximate surface area is 260 Å². The number of rotatable bonds is 5. The van der Waals surface area contributed by atoms with E-state index in [0.29, 0.717) is 36.1 Å². The number of amides is 2. The van der Waals surface area contributed by atoms with Crippen molar-refractivity contribution in [2.75, 3.05) is 5.32 Å². The van der Waals surface area contributed by atoms with Gasteiger partial charge in [-0.15, -0.1) is 5.10 Å². The van der Waals surface area contributed by atoms with Gasteiger partial charge in [-0.3, -0.25) is 19.4 Å². The van der Waals surface area contributed by atoms with Gasteiger partial charge in [-0.25, -0.2) is 9.07 Å². The Kier molecular flexibility index (Phi) is 9.01. The average Bonchev–Trinajstić information content (AvgIpc) is 3.38. The highest BCUT2D eigenvalue weighted by Crippen LogP contribution is 2.33. The van der Waals surface area contributed by atoms with E-state index in [-0.39, 0.29) is 39.3 Å². The number of alkyl halides is 3. The SMILES string of the molecule is Cc1c(C(=O)N[C@H]2CCC[C@@H](C)C(=O)Nc3cc(CC(=O)C(F)(F)F)ccc3-c3ccnc2c3)nnn1-c1cccc(Cl)c1F. The fraction of sp³-hybridized carbons (Fsp3) is 0.290. The molecule has 3 heterocycles. The molecule has 4 aromatic rings. The van der Waals surface area contributed by atoms with Gasteiger partial charge in [-0.05, 0) is 61.2 Å². The van der Waals surface area contributed by atoms with Gasteiger partial charge in [0.1, 0.15) is 5.69 Å². The lowest BCUT2D eigenvalue weighted by Crippen LogP contribution is -2.30. The lowest BCUT2D eigenvalue weighted by molar-refractivity contribution is -0.170. The van der Waals surface area contributed by atoms with Crippen LogP contribution in [0.25, 0.3) is 16.8 Å². The fourth-order valence-corrected chi connectivity index (χ4v) is 5.28. The number of aromatic nitrogens is 4. The summed E-state index contributed by atoms with van der Waals surface area (Å²) in [5, 5.41) is 13.6. The van der Waals surface area contributed by atoms with E-state index < -0.39 is 42.1 Å². The number of fused-ring (bicyclic) bond motifs is 4. The molecular formula is C31H27ClF4N6O3. The maximum Gasteiger partial charge on any atom is 0.450 e. The molecule has 14 heteroatoms. The summed E-state index contributed by atoms with van der Waals surface area (Å²) >= 11 is 5.91. The summed E-state index contributed by atoms with van der Waals surface area (Å²) in [6.45, 7) is 3.29. The first-order valence-corrected chi connectivity index (χ1v) is 14.4. The minimum Gasteiger partial charge on any atom is -0.342 e. The van der Waals surface area contributed by atoms with Gasteiger partial charge in [0.15, 0.2) is 11.5 Å². The summed E-state index contributed by atoms with van der Waals surface area (Å²) in [4.78, 5) is 42.6. The number of benzene rings is 2. The molecule has 2 amide bonds. The smallest absolute Gasteiger partial charge is 0.342 e. The van der Waals surface area contributed by atoms with Crippen molar-refractivity contribution in [3.63, 3.8) is 0 Å². The molecule has 234 valence electrons. The zero-order valence-electron chi connectivity index (χ0n) is 24.1. The first kappa shape index (κ1) is 31.8. The van der Waals surface area contributed by atoms with Gasteiger partial charge >= 0.3 is 6.18 Å². The molecule has 0 unspecified atom stereocenters. The van der Waals surface area contributed by atoms with Gasteiger partial charge in [0.05, 0.1) is 22.5 Å². The van der Waals surface area contributed by atoms with E-state index in [1.54, 1.807) is 32.0 Å². The molecule has 1 aliphatic rings. The van der Waals surface area contributed by atoms with Gasteiger partial charge in [0.25, 0.3) is 5.91 Å². The van der Waals surface area contributed by atoms with Crippen molar-refractivity contribution in [3.05, 3.63) is 88.2 Å². The molecule has 45 heavy (non-hydrogen) atoms. The summed E-state index contributed by atoms with van der Waals surface area (Å²) in [6.07, 6.45) is -2.96. The third-order valence-corrected chi connectivity index (χ3v) is 7.92. The van der Waals surface area contributed by atoms with Crippen LogP contribution >= 0.6 is 11.6 Å². The van der Waals surface area contributed by atoms with Crippen LogP contribution in [0, 0.1) is 18.7 Å². The van der Waals surface area contributed by atoms with E-state index in [0.717, 1.165) is 0 Å². The van der Waals surface area contributed by atoms with E-state index in [2.05, 4.69) is 25.9 Å². The Balaban J connectivity index is 1.48. The molecule has 2 aromatic heterocycles. The summed E-state index contributed by atoms with van der Waals surface area (Å²) in [5.74, 6) is -4.00. The van der Waals surface area contributed by atoms with Gasteiger partial charge < -0.3 is 10.6 Å². The standard InChI is InChI=1S/C31H27ClF4N6O3/c1-16-5-3-7-22(38-30(45)28-17(2)42(41-40-28)25-8-4-6-21(32)27(25)33)24-15-19(11-12-37-24)20-10-9-18(13-23(20)39-29(16)44)14-26(43)31(34,35)36/h4,6,8-13,15-16,22H,3,5,7,14H2,1-2H3,(H,38,45)(H,39,44)/t16-,22+/m1/s1. The molecule has 2 N–H and O–H groups in total. The van der Waals surface area contributed by atoms with Crippen molar-refractivity contribution in [3.8, 4) is 16.8 Å². The van der Waals surface area contributed by atoms with Crippen LogP contribution in [-0.4, -0.2) is 43.8 Å². The van der Waals surface area contributed by atoms with Crippen molar-refractivity contribution >= 4 is 34.9 Å². The molecule has 0 radical (unpaired) electrons. The quantitative estimate of drug-likeness (QED) is 0.246. The predicted octanol–water partition coefficient (Wildman–Crippen LogP) is 6.33. The van der Waals surface area contributed by atoms with Crippen molar-refractivity contribution in [2.45, 2.75) is 51.7 Å². The third-order valence-electron chi connectivity index (χ3n) is 7.62. The van der Waals surface area contributed by atoms with Crippen molar-refractivity contribution in [2.24, 2.45) is 5.92 Å². The topological polar surface area (TPSA) is 119 Å². The van der Waals surface area contributed by atoms with Crippen LogP contribution in [0.3, 0.4) is 0 Å². The molecule has 1 aliphatic heterocycles. The molecule has 5 rings (SSSR count). The summed E-state index contributed by atoms with van der Waals surface area (Å²) in [6, 6.07) is 11.5. The van der Waals surface area contributed by atoms with Crippen LogP contribution in [0.1, 0.15) is 59.7 Å². The van der Waals surface area contributed by atoms with Crippen LogP contribution in [-0.2, 0) is 16.0 Å². The molecule has 0 aliphatic carbocycles. The Hall–Kier alpha value is -4.65. The van der Waals surface area contributed by atoms with Gasteiger partial charge in [-0.2, -0.15) is 13.2 Å². The zero-order valence-corrected chi connectivity index (χ0v) is 24.8. The lowest BCUT2D eigenvalue weighted by Gasteiger charge is -2.22. The highest BCUT2D eigenvalue weighted by atomic mass is 35.5. The molecule has 0 fully saturated rings. The first-order valence-electron chi connectivity index (χ1n) is 14.0. The number of anilines is 1. The molecule has 9 nitrogen and oxygen atoms in total. The second-order valence-electron chi connectivity index (χ2n) is 10.8. The average molecular weight is 643 g/mol. The number of carbonyl (C=O) groups is 3. The number of hydrogen-bond donors (Lipinski definition) is 2. The van der Waals surface area contributed by atoms with Crippen LogP contribution in [0.15, 0.2) is 54.7 Å². The van der Waals surface area contributed by atoms with E-state index >= 15 is 0 Å². The Morgan fingerprint density at radius 3 is 2.67 bits per heavy atom. The van der Waals surface area contributed by atoms with Crippen molar-refractivity contribution in [1.82, 2.24) is 25.3 Å². The summed E-state index contributed by atoms with van der Waals surface area (Å²) < 4.78 is 54.6. The number of ketones is 1. The van der Waals surface area contributed by atoms with Crippen molar-refractivity contribution < 1.29 is 31.9 Å². The van der Waals surface area contributed by atoms with E-state index in [4.69, 9.17) is 11.6 Å². The van der Waals surface area contributed by atoms with Crippen LogP contribution in [0.5, 0.6) is 0 Å². The van der Waals surface area contributed by atoms with E-state index in [1.807, 2.05) is 0 Å². The maximum absolute atomic E-state index is 14.7. The second kappa shape index (κ2) is 12.8. The maximum atomic E-state index is 14.7. The van der Waals surface area contributed by atoms with Crippen LogP contribution in [0.4, 0.5) is 23.2 Å². The Morgan fingerprint density at radius 2 is 1.91 bits per heavy atom. The Bertz CT molecular complexity index is 1790. The van der Waals surface area contributed by atoms with Crippen LogP contribution in [0.2, 0.25) is 5.02 Å². The molecule has 0 spiro atoms. The number of nitrogens with one attached hydrogen (secondary N) is 2. The minimum atomic E-state index is -4.98. The number of hydrogen-bond acceptors (Lipinski definition) is 6. The largest absolute Gasteiger partial charge is 0.450 e. The van der Waals surface area contributed by atoms with Gasteiger partial charge in [-0.1, -0.05) is 48.4 Å². The molecule has 0 saturated carbocycles. The number of pyridine rings is 1. The summed E-state index contributed by atoms with van der Waals surface area (Å²) in [7, 11) is 0. The molecule has 2 atom stereocenters. The highest BCUT2D eigenvalue weighted by molar-refractivity contribution is 6.30. The normalized spacial score (nSPS) is 17.0. The number of halogens is 5. The number of Topliss-reactive ketones (excluding diaryl/α,β-unsaturated/α-hetero) is 1. The van der Waals surface area contributed by atoms with Gasteiger partial charge in [0.2, 0.25) is 11.7 Å². The fourth-order valence-electron chi connectivity index (χ4n) is 5.11. The molecule has 0 saturated heterocycles. The second-order valence-corrected chi connectivity index (χ2v) is 11.2. The highest BCUT2D eigenvalue weighted by Gasteiger charge is 2.38.